The maximum atomic E-state index is 3.88. The Balaban J connectivity index is 1.76. The zero-order chi connectivity index (χ0) is 12.3. The van der Waals surface area contributed by atoms with Gasteiger partial charge < -0.3 is 15.1 Å². The fourth-order valence-corrected chi connectivity index (χ4v) is 3.46. The Labute approximate surface area is 107 Å². The summed E-state index contributed by atoms with van der Waals surface area (Å²) in [6.07, 6.45) is 2.77. The van der Waals surface area contributed by atoms with Crippen LogP contribution in [0.1, 0.15) is 33.6 Å². The molecule has 2 rings (SSSR count). The highest BCUT2D eigenvalue weighted by Crippen LogP contribution is 2.27. The average Bonchev–Trinajstić information content (AvgIpc) is 2.73. The zero-order valence-corrected chi connectivity index (χ0v) is 11.8. The zero-order valence-electron chi connectivity index (χ0n) is 11.8. The Bertz CT molecular complexity index is 228. The van der Waals surface area contributed by atoms with Gasteiger partial charge in [0.05, 0.1) is 0 Å². The van der Waals surface area contributed by atoms with Crippen LogP contribution in [0.4, 0.5) is 0 Å². The van der Waals surface area contributed by atoms with Crippen LogP contribution >= 0.6 is 0 Å². The van der Waals surface area contributed by atoms with Crippen molar-refractivity contribution in [1.82, 2.24) is 15.1 Å². The summed E-state index contributed by atoms with van der Waals surface area (Å²) in [4.78, 5) is 5.14. The van der Waals surface area contributed by atoms with Crippen LogP contribution in [0, 0.1) is 5.92 Å². The Morgan fingerprint density at radius 2 is 1.94 bits per heavy atom. The van der Waals surface area contributed by atoms with Gasteiger partial charge in [-0.25, -0.2) is 0 Å². The molecular weight excluding hydrogens is 210 g/mol. The summed E-state index contributed by atoms with van der Waals surface area (Å²) in [6, 6.07) is 1.41. The fraction of sp³-hybridized carbons (Fsp3) is 1.00. The summed E-state index contributed by atoms with van der Waals surface area (Å²) in [6.45, 7) is 14.4. The van der Waals surface area contributed by atoms with Crippen molar-refractivity contribution in [2.24, 2.45) is 5.92 Å². The van der Waals surface area contributed by atoms with Crippen molar-refractivity contribution < 1.29 is 0 Å². The van der Waals surface area contributed by atoms with Gasteiger partial charge in [0.1, 0.15) is 0 Å². The van der Waals surface area contributed by atoms with Crippen LogP contribution in [0.5, 0.6) is 0 Å². The number of nitrogens with zero attached hydrogens (tertiary/aromatic N) is 2. The molecule has 0 amide bonds. The van der Waals surface area contributed by atoms with Crippen LogP contribution in [0.15, 0.2) is 0 Å². The molecule has 0 aromatic rings. The predicted octanol–water partition coefficient (Wildman–Crippen LogP) is 1.40. The van der Waals surface area contributed by atoms with Gasteiger partial charge in [0.2, 0.25) is 0 Å². The molecule has 0 aliphatic carbocycles. The molecule has 0 saturated carbocycles. The molecule has 0 aromatic heterocycles. The molecule has 1 N–H and O–H groups in total. The van der Waals surface area contributed by atoms with E-state index < -0.39 is 0 Å². The summed E-state index contributed by atoms with van der Waals surface area (Å²) in [5.74, 6) is 0.919. The first-order valence-electron chi connectivity index (χ1n) is 7.43. The van der Waals surface area contributed by atoms with Crippen LogP contribution in [0.2, 0.25) is 0 Å². The highest BCUT2D eigenvalue weighted by Gasteiger charge is 2.34. The lowest BCUT2D eigenvalue weighted by Crippen LogP contribution is -2.50. The number of hydrogen-bond donors (Lipinski definition) is 1. The highest BCUT2D eigenvalue weighted by atomic mass is 15.2. The molecule has 0 aromatic carbocycles. The molecule has 2 aliphatic heterocycles. The minimum atomic E-state index is 0.632. The molecule has 3 heteroatoms. The molecule has 0 spiro atoms. The first-order valence-corrected chi connectivity index (χ1v) is 7.43. The standard InChI is InChI=1S/C14H29N3/c1-4-16(5-2)10-12(3)15-14-7-9-17-8-6-13(14)11-17/h12-15H,4-11H2,1-3H3. The first-order chi connectivity index (χ1) is 8.22. The van der Waals surface area contributed by atoms with Gasteiger partial charge in [-0.05, 0) is 51.9 Å². The Kier molecular flexibility index (Phi) is 4.83. The minimum absolute atomic E-state index is 0.632. The largest absolute Gasteiger partial charge is 0.310 e. The van der Waals surface area contributed by atoms with Crippen molar-refractivity contribution in [2.45, 2.75) is 45.7 Å². The lowest BCUT2D eigenvalue weighted by Gasteiger charge is -2.34. The van der Waals surface area contributed by atoms with E-state index in [0.29, 0.717) is 6.04 Å². The number of fused-ring (bicyclic) bond motifs is 2. The van der Waals surface area contributed by atoms with Crippen molar-refractivity contribution in [1.29, 1.82) is 0 Å². The SMILES string of the molecule is CCN(CC)CC(C)NC1CCN2CCC1C2. The molecule has 2 heterocycles. The molecule has 100 valence electrons. The third-order valence-corrected chi connectivity index (χ3v) is 4.56. The van der Waals surface area contributed by atoms with Gasteiger partial charge >= 0.3 is 0 Å². The second kappa shape index (κ2) is 6.17. The fourth-order valence-electron chi connectivity index (χ4n) is 3.46. The second-order valence-corrected chi connectivity index (χ2v) is 5.80. The number of piperidine rings is 1. The number of hydrogen-bond acceptors (Lipinski definition) is 3. The third kappa shape index (κ3) is 3.43. The molecule has 0 radical (unpaired) electrons. The van der Waals surface area contributed by atoms with E-state index in [1.807, 2.05) is 0 Å². The van der Waals surface area contributed by atoms with Gasteiger partial charge in [0.25, 0.3) is 0 Å². The van der Waals surface area contributed by atoms with Crippen molar-refractivity contribution in [3.05, 3.63) is 0 Å². The van der Waals surface area contributed by atoms with Crippen LogP contribution in [0.25, 0.3) is 0 Å². The molecule has 4 unspecified atom stereocenters. The summed E-state index contributed by atoms with van der Waals surface area (Å²) in [7, 11) is 0. The van der Waals surface area contributed by atoms with Crippen LogP contribution in [-0.4, -0.2) is 61.2 Å². The first kappa shape index (κ1) is 13.3. The lowest BCUT2D eigenvalue weighted by atomic mass is 9.93. The van der Waals surface area contributed by atoms with Gasteiger partial charge in [0, 0.05) is 25.2 Å². The lowest BCUT2D eigenvalue weighted by molar-refractivity contribution is 0.194. The van der Waals surface area contributed by atoms with Crippen molar-refractivity contribution in [2.75, 3.05) is 39.3 Å². The topological polar surface area (TPSA) is 18.5 Å². The van der Waals surface area contributed by atoms with Crippen LogP contribution in [0.3, 0.4) is 0 Å². The Hall–Kier alpha value is -0.120. The van der Waals surface area contributed by atoms with E-state index in [0.717, 1.165) is 12.0 Å². The molecule has 17 heavy (non-hydrogen) atoms. The Morgan fingerprint density at radius 1 is 1.24 bits per heavy atom. The third-order valence-electron chi connectivity index (χ3n) is 4.56. The smallest absolute Gasteiger partial charge is 0.0169 e. The molecule has 2 fully saturated rings. The maximum Gasteiger partial charge on any atom is 0.0169 e. The maximum absolute atomic E-state index is 3.88. The van der Waals surface area contributed by atoms with Gasteiger partial charge in [-0.15, -0.1) is 0 Å². The molecule has 2 bridgehead atoms. The van der Waals surface area contributed by atoms with E-state index in [1.54, 1.807) is 0 Å². The molecule has 2 saturated heterocycles. The number of likely N-dealkylation sites (N-methyl/N-ethyl adjacent to an activating group) is 1. The molecule has 3 nitrogen and oxygen atoms in total. The van der Waals surface area contributed by atoms with E-state index >= 15 is 0 Å². The van der Waals surface area contributed by atoms with E-state index in [1.165, 1.54) is 52.1 Å². The monoisotopic (exact) mass is 239 g/mol. The van der Waals surface area contributed by atoms with E-state index in [4.69, 9.17) is 0 Å². The summed E-state index contributed by atoms with van der Waals surface area (Å²) in [5, 5.41) is 3.88. The minimum Gasteiger partial charge on any atom is -0.310 e. The molecule has 2 aliphatic rings. The average molecular weight is 239 g/mol. The van der Waals surface area contributed by atoms with Crippen molar-refractivity contribution in [3.63, 3.8) is 0 Å². The summed E-state index contributed by atoms with van der Waals surface area (Å²) in [5.41, 5.74) is 0. The summed E-state index contributed by atoms with van der Waals surface area (Å²) >= 11 is 0. The predicted molar refractivity (Wildman–Crippen MR) is 73.3 cm³/mol. The number of rotatable bonds is 6. The van der Waals surface area contributed by atoms with Crippen LogP contribution in [-0.2, 0) is 0 Å². The quantitative estimate of drug-likeness (QED) is 0.756. The number of nitrogens with one attached hydrogen (secondary N) is 1. The van der Waals surface area contributed by atoms with Gasteiger partial charge in [-0.1, -0.05) is 13.8 Å². The van der Waals surface area contributed by atoms with E-state index in [2.05, 4.69) is 35.9 Å². The highest BCUT2D eigenvalue weighted by molar-refractivity contribution is 4.91. The molecule has 4 atom stereocenters. The normalized spacial score (nSPS) is 34.2. The van der Waals surface area contributed by atoms with Gasteiger partial charge in [0.15, 0.2) is 0 Å². The van der Waals surface area contributed by atoms with Crippen molar-refractivity contribution in [3.8, 4) is 0 Å². The van der Waals surface area contributed by atoms with Crippen molar-refractivity contribution >= 4 is 0 Å². The summed E-state index contributed by atoms with van der Waals surface area (Å²) < 4.78 is 0. The van der Waals surface area contributed by atoms with Gasteiger partial charge in [-0.2, -0.15) is 0 Å². The van der Waals surface area contributed by atoms with E-state index in [9.17, 15) is 0 Å². The Morgan fingerprint density at radius 3 is 2.65 bits per heavy atom. The second-order valence-electron chi connectivity index (χ2n) is 5.80. The van der Waals surface area contributed by atoms with E-state index in [-0.39, 0.29) is 0 Å². The van der Waals surface area contributed by atoms with Gasteiger partial charge in [-0.3, -0.25) is 0 Å². The van der Waals surface area contributed by atoms with Crippen LogP contribution < -0.4 is 5.32 Å². The molecular formula is C14H29N3.